The van der Waals surface area contributed by atoms with Gasteiger partial charge in [0.25, 0.3) is 0 Å². The van der Waals surface area contributed by atoms with Crippen LogP contribution in [0, 0.1) is 11.8 Å². The Hall–Kier alpha value is -2.63. The summed E-state index contributed by atoms with van der Waals surface area (Å²) < 4.78 is 6.05. The van der Waals surface area contributed by atoms with Crippen LogP contribution in [0.5, 0.6) is 5.75 Å². The van der Waals surface area contributed by atoms with Gasteiger partial charge in [0.2, 0.25) is 5.56 Å². The molecule has 2 aromatic carbocycles. The Balaban J connectivity index is 1.30. The van der Waals surface area contributed by atoms with Gasteiger partial charge in [-0.15, -0.1) is 0 Å². The molecule has 3 aromatic rings. The van der Waals surface area contributed by atoms with Crippen molar-refractivity contribution in [3.63, 3.8) is 0 Å². The van der Waals surface area contributed by atoms with E-state index in [1.165, 1.54) is 57.4 Å². The molecule has 2 saturated carbocycles. The van der Waals surface area contributed by atoms with Gasteiger partial charge in [-0.1, -0.05) is 74.9 Å². The maximum absolute atomic E-state index is 12.1. The van der Waals surface area contributed by atoms with Crippen LogP contribution in [-0.2, 0) is 6.61 Å². The zero-order chi connectivity index (χ0) is 23.3. The van der Waals surface area contributed by atoms with E-state index in [1.807, 2.05) is 42.5 Å². The van der Waals surface area contributed by atoms with Crippen molar-refractivity contribution in [1.29, 1.82) is 0 Å². The molecular weight excluding hydrogens is 424 g/mol. The van der Waals surface area contributed by atoms with E-state index in [2.05, 4.69) is 10.3 Å². The van der Waals surface area contributed by atoms with E-state index in [1.54, 1.807) is 6.07 Å². The number of hydrogen-bond acceptors (Lipinski definition) is 4. The van der Waals surface area contributed by atoms with Gasteiger partial charge in [0.05, 0.1) is 11.6 Å². The lowest BCUT2D eigenvalue weighted by atomic mass is 9.77. The number of pyridine rings is 1. The molecule has 2 fully saturated rings. The highest BCUT2D eigenvalue weighted by Gasteiger charge is 2.34. The third kappa shape index (κ3) is 5.21. The maximum atomic E-state index is 12.1. The number of aromatic amines is 1. The molecule has 1 heterocycles. The second-order valence-electron chi connectivity index (χ2n) is 10.1. The zero-order valence-electron chi connectivity index (χ0n) is 19.8. The van der Waals surface area contributed by atoms with E-state index >= 15 is 0 Å². The van der Waals surface area contributed by atoms with Crippen molar-refractivity contribution < 1.29 is 9.84 Å². The Morgan fingerprint density at radius 3 is 2.59 bits per heavy atom. The molecular formula is C29H36N2O3. The van der Waals surface area contributed by atoms with Crippen LogP contribution in [0.15, 0.2) is 59.4 Å². The molecule has 34 heavy (non-hydrogen) atoms. The van der Waals surface area contributed by atoms with Gasteiger partial charge in [-0.05, 0) is 47.9 Å². The monoisotopic (exact) mass is 460 g/mol. The van der Waals surface area contributed by atoms with Crippen molar-refractivity contribution >= 4 is 10.9 Å². The fourth-order valence-corrected chi connectivity index (χ4v) is 6.14. The van der Waals surface area contributed by atoms with E-state index in [-0.39, 0.29) is 5.56 Å². The molecule has 3 atom stereocenters. The van der Waals surface area contributed by atoms with Crippen LogP contribution in [-0.4, -0.2) is 22.7 Å². The molecule has 0 aliphatic heterocycles. The Morgan fingerprint density at radius 1 is 0.941 bits per heavy atom. The number of hydrogen-bond donors (Lipinski definition) is 3. The molecule has 180 valence electrons. The fourth-order valence-electron chi connectivity index (χ4n) is 6.14. The molecule has 0 radical (unpaired) electrons. The van der Waals surface area contributed by atoms with Crippen molar-refractivity contribution in [2.24, 2.45) is 11.8 Å². The minimum Gasteiger partial charge on any atom is -0.487 e. The molecule has 2 aliphatic rings. The molecule has 0 spiro atoms. The fraction of sp³-hybridized carbons (Fsp3) is 0.483. The summed E-state index contributed by atoms with van der Waals surface area (Å²) in [6, 6.07) is 17.6. The highest BCUT2D eigenvalue weighted by Crippen LogP contribution is 2.40. The molecule has 5 nitrogen and oxygen atoms in total. The van der Waals surface area contributed by atoms with E-state index in [0.29, 0.717) is 30.5 Å². The average molecular weight is 461 g/mol. The SMILES string of the molecule is O=c1ccc2c([C@@H](O)CNC3CCCC3C3CCCCC3)ccc(OCc3ccccc3)c2[nH]1. The lowest BCUT2D eigenvalue weighted by molar-refractivity contribution is 0.155. The standard InChI is InChI=1S/C29H36N2O3/c32-26(18-30-25-13-7-12-22(25)21-10-5-2-6-11-21)23-14-16-27(29-24(23)15-17-28(33)31-29)34-19-20-8-3-1-4-9-20/h1,3-4,8-9,14-17,21-22,25-26,30,32H,2,5-7,10-13,18-19H2,(H,31,33)/t22?,25?,26-/m0/s1. The summed E-state index contributed by atoms with van der Waals surface area (Å²) in [7, 11) is 0. The van der Waals surface area contributed by atoms with E-state index in [0.717, 1.165) is 28.3 Å². The lowest BCUT2D eigenvalue weighted by Gasteiger charge is -2.32. The summed E-state index contributed by atoms with van der Waals surface area (Å²) in [5, 5.41) is 15.7. The largest absolute Gasteiger partial charge is 0.487 e. The molecule has 0 bridgehead atoms. The first-order chi connectivity index (χ1) is 16.7. The summed E-state index contributed by atoms with van der Waals surface area (Å²) >= 11 is 0. The van der Waals surface area contributed by atoms with Crippen molar-refractivity contribution in [2.75, 3.05) is 6.54 Å². The minimum absolute atomic E-state index is 0.178. The third-order valence-corrected chi connectivity index (χ3v) is 7.88. The number of aliphatic hydroxyl groups excluding tert-OH is 1. The van der Waals surface area contributed by atoms with Crippen molar-refractivity contribution in [1.82, 2.24) is 10.3 Å². The molecule has 0 saturated heterocycles. The number of ether oxygens (including phenoxy) is 1. The van der Waals surface area contributed by atoms with Gasteiger partial charge < -0.3 is 20.1 Å². The number of aliphatic hydroxyl groups is 1. The van der Waals surface area contributed by atoms with Gasteiger partial charge in [0, 0.05) is 24.0 Å². The summed E-state index contributed by atoms with van der Waals surface area (Å²) in [5.41, 5.74) is 2.34. The van der Waals surface area contributed by atoms with Crippen LogP contribution in [0.2, 0.25) is 0 Å². The second kappa shape index (κ2) is 10.7. The molecule has 5 rings (SSSR count). The first-order valence-corrected chi connectivity index (χ1v) is 12.9. The van der Waals surface area contributed by atoms with Crippen LogP contribution in [0.1, 0.15) is 68.6 Å². The Morgan fingerprint density at radius 2 is 1.76 bits per heavy atom. The first-order valence-electron chi connectivity index (χ1n) is 12.9. The number of benzene rings is 2. The Bertz CT molecular complexity index is 1140. The highest BCUT2D eigenvalue weighted by atomic mass is 16.5. The van der Waals surface area contributed by atoms with Crippen LogP contribution in [0.3, 0.4) is 0 Å². The van der Waals surface area contributed by atoms with Crippen LogP contribution >= 0.6 is 0 Å². The summed E-state index contributed by atoms with van der Waals surface area (Å²) in [6.07, 6.45) is 10.0. The van der Waals surface area contributed by atoms with Gasteiger partial charge in [-0.2, -0.15) is 0 Å². The van der Waals surface area contributed by atoms with Gasteiger partial charge in [-0.25, -0.2) is 0 Å². The Labute approximate surface area is 201 Å². The van der Waals surface area contributed by atoms with Gasteiger partial charge >= 0.3 is 0 Å². The maximum Gasteiger partial charge on any atom is 0.248 e. The number of H-pyrrole nitrogens is 1. The zero-order valence-corrected chi connectivity index (χ0v) is 19.8. The summed E-state index contributed by atoms with van der Waals surface area (Å²) in [4.78, 5) is 15.0. The highest BCUT2D eigenvalue weighted by molar-refractivity contribution is 5.87. The number of rotatable bonds is 8. The Kier molecular flexibility index (Phi) is 7.31. The molecule has 5 heteroatoms. The normalized spacial score (nSPS) is 22.1. The summed E-state index contributed by atoms with van der Waals surface area (Å²) in [5.74, 6) is 2.21. The van der Waals surface area contributed by atoms with Gasteiger partial charge in [-0.3, -0.25) is 4.79 Å². The molecule has 0 amide bonds. The number of aromatic nitrogens is 1. The van der Waals surface area contributed by atoms with Gasteiger partial charge in [0.1, 0.15) is 12.4 Å². The van der Waals surface area contributed by atoms with E-state index in [9.17, 15) is 9.90 Å². The predicted octanol–water partition coefficient (Wildman–Crippen LogP) is 5.48. The van der Waals surface area contributed by atoms with Crippen molar-refractivity contribution in [3.05, 3.63) is 76.1 Å². The lowest BCUT2D eigenvalue weighted by Crippen LogP contribution is -2.38. The van der Waals surface area contributed by atoms with Gasteiger partial charge in [0.15, 0.2) is 0 Å². The van der Waals surface area contributed by atoms with Crippen molar-refractivity contribution in [2.45, 2.75) is 70.1 Å². The summed E-state index contributed by atoms with van der Waals surface area (Å²) in [6.45, 7) is 0.937. The van der Waals surface area contributed by atoms with E-state index < -0.39 is 6.10 Å². The smallest absolute Gasteiger partial charge is 0.248 e. The average Bonchev–Trinajstić information content (AvgIpc) is 3.35. The second-order valence-corrected chi connectivity index (χ2v) is 10.1. The van der Waals surface area contributed by atoms with Crippen LogP contribution < -0.4 is 15.6 Å². The van der Waals surface area contributed by atoms with Crippen molar-refractivity contribution in [3.8, 4) is 5.75 Å². The van der Waals surface area contributed by atoms with E-state index in [4.69, 9.17) is 4.74 Å². The molecule has 3 N–H and O–H groups in total. The quantitative estimate of drug-likeness (QED) is 0.416. The first kappa shape index (κ1) is 23.1. The minimum atomic E-state index is -0.649. The molecule has 1 aromatic heterocycles. The molecule has 2 aliphatic carbocycles. The van der Waals surface area contributed by atoms with Crippen LogP contribution in [0.4, 0.5) is 0 Å². The van der Waals surface area contributed by atoms with Crippen LogP contribution in [0.25, 0.3) is 10.9 Å². The number of nitrogens with one attached hydrogen (secondary N) is 2. The third-order valence-electron chi connectivity index (χ3n) is 7.88. The molecule has 2 unspecified atom stereocenters. The predicted molar refractivity (Wildman–Crippen MR) is 136 cm³/mol. The topological polar surface area (TPSA) is 74.3 Å². The number of fused-ring (bicyclic) bond motifs is 1.